The van der Waals surface area contributed by atoms with Crippen LogP contribution in [0.15, 0.2) is 48.8 Å². The van der Waals surface area contributed by atoms with Crippen LogP contribution in [0.5, 0.6) is 0 Å². The Morgan fingerprint density at radius 1 is 1.24 bits per heavy atom. The largest absolute Gasteiger partial charge is 0.478 e. The van der Waals surface area contributed by atoms with Gasteiger partial charge in [-0.2, -0.15) is 0 Å². The van der Waals surface area contributed by atoms with Gasteiger partial charge >= 0.3 is 5.97 Å². The standard InChI is InChI=1S/C10H14N2.C9H9NO3/c1-12-7-3-5-10(12)9-4-2-6-11-8-9;1-6(11)10-8-5-3-2-4-7(8)9(12)13/h2,4,6,8,10H,3,5,7H2,1H3;2-5H,1H3,(H,10,11)(H,12,13)/t10-;/m0./s1. The van der Waals surface area contributed by atoms with Crippen molar-refractivity contribution >= 4 is 17.6 Å². The summed E-state index contributed by atoms with van der Waals surface area (Å²) in [7, 11) is 2.19. The lowest BCUT2D eigenvalue weighted by Crippen LogP contribution is -2.17. The molecule has 0 bridgehead atoms. The van der Waals surface area contributed by atoms with Crippen molar-refractivity contribution in [3.05, 3.63) is 59.9 Å². The fourth-order valence-corrected chi connectivity index (χ4v) is 2.87. The third-order valence-corrected chi connectivity index (χ3v) is 4.06. The molecule has 25 heavy (non-hydrogen) atoms. The van der Waals surface area contributed by atoms with Crippen LogP contribution in [-0.4, -0.2) is 40.5 Å². The van der Waals surface area contributed by atoms with Crippen LogP contribution in [0.4, 0.5) is 5.69 Å². The normalized spacial score (nSPS) is 16.6. The Hall–Kier alpha value is -2.73. The average Bonchev–Trinajstić information content (AvgIpc) is 3.02. The number of amides is 1. The average molecular weight is 341 g/mol. The molecular weight excluding hydrogens is 318 g/mol. The number of carboxylic acids is 1. The quantitative estimate of drug-likeness (QED) is 0.896. The Balaban J connectivity index is 0.000000181. The van der Waals surface area contributed by atoms with Gasteiger partial charge in [0.1, 0.15) is 0 Å². The van der Waals surface area contributed by atoms with E-state index in [9.17, 15) is 9.59 Å². The van der Waals surface area contributed by atoms with Crippen molar-refractivity contribution in [3.63, 3.8) is 0 Å². The molecule has 132 valence electrons. The Labute approximate surface area is 147 Å². The zero-order chi connectivity index (χ0) is 18.2. The van der Waals surface area contributed by atoms with Crippen LogP contribution >= 0.6 is 0 Å². The topological polar surface area (TPSA) is 82.5 Å². The lowest BCUT2D eigenvalue weighted by atomic mass is 10.1. The van der Waals surface area contributed by atoms with Gasteiger partial charge in [0.2, 0.25) is 5.91 Å². The summed E-state index contributed by atoms with van der Waals surface area (Å²) in [5, 5.41) is 11.2. The minimum atomic E-state index is -1.05. The van der Waals surface area contributed by atoms with E-state index in [4.69, 9.17) is 5.11 Å². The predicted octanol–water partition coefficient (Wildman–Crippen LogP) is 3.19. The van der Waals surface area contributed by atoms with Gasteiger partial charge in [-0.1, -0.05) is 18.2 Å². The molecule has 0 spiro atoms. The maximum absolute atomic E-state index is 10.7. The van der Waals surface area contributed by atoms with Crippen molar-refractivity contribution in [1.82, 2.24) is 9.88 Å². The van der Waals surface area contributed by atoms with Crippen molar-refractivity contribution in [2.75, 3.05) is 18.9 Å². The Morgan fingerprint density at radius 2 is 2.00 bits per heavy atom. The molecule has 1 atom stereocenters. The minimum Gasteiger partial charge on any atom is -0.478 e. The van der Waals surface area contributed by atoms with E-state index in [1.165, 1.54) is 37.9 Å². The van der Waals surface area contributed by atoms with Gasteiger partial charge in [-0.15, -0.1) is 0 Å². The zero-order valence-electron chi connectivity index (χ0n) is 14.5. The molecule has 1 fully saturated rings. The van der Waals surface area contributed by atoms with Gasteiger partial charge in [0.05, 0.1) is 11.3 Å². The summed E-state index contributed by atoms with van der Waals surface area (Å²) in [5.41, 5.74) is 1.78. The van der Waals surface area contributed by atoms with Crippen LogP contribution < -0.4 is 5.32 Å². The Bertz CT molecular complexity index is 719. The number of pyridine rings is 1. The van der Waals surface area contributed by atoms with Gasteiger partial charge in [-0.3, -0.25) is 14.7 Å². The van der Waals surface area contributed by atoms with E-state index in [1.54, 1.807) is 18.2 Å². The number of hydrogen-bond donors (Lipinski definition) is 2. The van der Waals surface area contributed by atoms with Gasteiger partial charge in [0.15, 0.2) is 0 Å². The number of carboxylic acid groups (broad SMARTS) is 1. The molecule has 6 heteroatoms. The molecule has 0 aliphatic carbocycles. The summed E-state index contributed by atoms with van der Waals surface area (Å²) in [6.07, 6.45) is 6.41. The maximum Gasteiger partial charge on any atom is 0.337 e. The summed E-state index contributed by atoms with van der Waals surface area (Å²) in [6, 6.07) is 11.0. The first-order chi connectivity index (χ1) is 12.0. The number of aromatic carboxylic acids is 1. The number of carbonyl (C=O) groups is 2. The molecule has 1 saturated heterocycles. The highest BCUT2D eigenvalue weighted by Gasteiger charge is 2.21. The summed E-state index contributed by atoms with van der Waals surface area (Å²) < 4.78 is 0. The number of nitrogens with one attached hydrogen (secondary N) is 1. The fourth-order valence-electron chi connectivity index (χ4n) is 2.87. The van der Waals surface area contributed by atoms with Crippen LogP contribution in [0.2, 0.25) is 0 Å². The third-order valence-electron chi connectivity index (χ3n) is 4.06. The van der Waals surface area contributed by atoms with Crippen LogP contribution in [0.25, 0.3) is 0 Å². The SMILES string of the molecule is CC(=O)Nc1ccccc1C(=O)O.CN1CCC[C@H]1c1cccnc1. The first kappa shape index (κ1) is 18.6. The van der Waals surface area contributed by atoms with E-state index in [0.29, 0.717) is 11.7 Å². The minimum absolute atomic E-state index is 0.0951. The number of para-hydroxylation sites is 1. The molecule has 6 nitrogen and oxygen atoms in total. The lowest BCUT2D eigenvalue weighted by molar-refractivity contribution is -0.114. The summed E-state index contributed by atoms with van der Waals surface area (Å²) in [5.74, 6) is -1.34. The summed E-state index contributed by atoms with van der Waals surface area (Å²) in [6.45, 7) is 2.55. The maximum atomic E-state index is 10.7. The second kappa shape index (κ2) is 8.94. The molecule has 1 aromatic heterocycles. The first-order valence-electron chi connectivity index (χ1n) is 8.19. The van der Waals surface area contributed by atoms with Gasteiger partial charge in [0, 0.05) is 25.4 Å². The highest BCUT2D eigenvalue weighted by atomic mass is 16.4. The molecule has 0 unspecified atom stereocenters. The van der Waals surface area contributed by atoms with E-state index >= 15 is 0 Å². The summed E-state index contributed by atoms with van der Waals surface area (Å²) in [4.78, 5) is 27.9. The second-order valence-corrected chi connectivity index (χ2v) is 5.96. The third kappa shape index (κ3) is 5.39. The second-order valence-electron chi connectivity index (χ2n) is 5.96. The molecule has 3 rings (SSSR count). The number of hydrogen-bond acceptors (Lipinski definition) is 4. The number of benzene rings is 1. The number of anilines is 1. The first-order valence-corrected chi connectivity index (χ1v) is 8.19. The molecule has 2 aromatic rings. The van der Waals surface area contributed by atoms with E-state index in [-0.39, 0.29) is 11.5 Å². The van der Waals surface area contributed by atoms with Gasteiger partial charge in [-0.25, -0.2) is 4.79 Å². The summed E-state index contributed by atoms with van der Waals surface area (Å²) >= 11 is 0. The number of likely N-dealkylation sites (tertiary alicyclic amines) is 1. The van der Waals surface area contributed by atoms with Crippen molar-refractivity contribution in [2.45, 2.75) is 25.8 Å². The van der Waals surface area contributed by atoms with Crippen LogP contribution in [0.3, 0.4) is 0 Å². The van der Waals surface area contributed by atoms with Crippen molar-refractivity contribution in [3.8, 4) is 0 Å². The van der Waals surface area contributed by atoms with Crippen molar-refractivity contribution < 1.29 is 14.7 Å². The van der Waals surface area contributed by atoms with E-state index in [2.05, 4.69) is 28.3 Å². The molecule has 1 aliphatic heterocycles. The van der Waals surface area contributed by atoms with Gasteiger partial charge < -0.3 is 10.4 Å². The van der Waals surface area contributed by atoms with Crippen molar-refractivity contribution in [1.29, 1.82) is 0 Å². The highest BCUT2D eigenvalue weighted by molar-refractivity contribution is 5.99. The Kier molecular flexibility index (Phi) is 6.65. The number of carbonyl (C=O) groups excluding carboxylic acids is 1. The Morgan fingerprint density at radius 3 is 2.56 bits per heavy atom. The van der Waals surface area contributed by atoms with E-state index < -0.39 is 5.97 Å². The number of aromatic nitrogens is 1. The van der Waals surface area contributed by atoms with Crippen LogP contribution in [-0.2, 0) is 4.79 Å². The van der Waals surface area contributed by atoms with Crippen LogP contribution in [0, 0.1) is 0 Å². The van der Waals surface area contributed by atoms with Gasteiger partial charge in [-0.05, 0) is 50.2 Å². The smallest absolute Gasteiger partial charge is 0.337 e. The van der Waals surface area contributed by atoms with E-state index in [0.717, 1.165) is 0 Å². The number of rotatable bonds is 3. The van der Waals surface area contributed by atoms with Gasteiger partial charge in [0.25, 0.3) is 0 Å². The molecule has 0 saturated carbocycles. The molecule has 1 aromatic carbocycles. The highest BCUT2D eigenvalue weighted by Crippen LogP contribution is 2.29. The lowest BCUT2D eigenvalue weighted by Gasteiger charge is -2.18. The molecule has 2 heterocycles. The molecule has 1 aliphatic rings. The molecule has 0 radical (unpaired) electrons. The molecule has 2 N–H and O–H groups in total. The molecule has 1 amide bonds. The number of nitrogens with zero attached hydrogens (tertiary/aromatic N) is 2. The molecular formula is C19H23N3O3. The van der Waals surface area contributed by atoms with E-state index in [1.807, 2.05) is 18.5 Å². The predicted molar refractivity (Wildman–Crippen MR) is 96.5 cm³/mol. The monoisotopic (exact) mass is 341 g/mol. The fraction of sp³-hybridized carbons (Fsp3) is 0.316. The zero-order valence-corrected chi connectivity index (χ0v) is 14.5. The van der Waals surface area contributed by atoms with Crippen molar-refractivity contribution in [2.24, 2.45) is 0 Å². The van der Waals surface area contributed by atoms with Crippen LogP contribution in [0.1, 0.15) is 41.7 Å².